The van der Waals surface area contributed by atoms with E-state index in [9.17, 15) is 0 Å². The van der Waals surface area contributed by atoms with Crippen molar-refractivity contribution in [1.82, 2.24) is 28.4 Å². The molecular formula is C39H41ClF2N6. The van der Waals surface area contributed by atoms with Crippen LogP contribution in [0.4, 0.5) is 8.78 Å². The maximum Gasteiger partial charge on any atom is 0.128 e. The van der Waals surface area contributed by atoms with Gasteiger partial charge >= 0.3 is 0 Å². The third-order valence-corrected chi connectivity index (χ3v) is 11.9. The molecule has 3 aromatic heterocycles. The van der Waals surface area contributed by atoms with E-state index in [-0.39, 0.29) is 23.7 Å². The quantitative estimate of drug-likeness (QED) is 0.182. The molecule has 0 N–H and O–H groups in total. The first-order chi connectivity index (χ1) is 23.1. The Hall–Kier alpha value is -3.69. The van der Waals surface area contributed by atoms with Crippen LogP contribution in [0, 0.1) is 11.6 Å². The molecule has 0 saturated carbocycles. The van der Waals surface area contributed by atoms with Gasteiger partial charge in [-0.05, 0) is 107 Å². The number of nitrogens with zero attached hydrogens (tertiary/aromatic N) is 6. The van der Waals surface area contributed by atoms with E-state index in [1.165, 1.54) is 16.5 Å². The molecule has 3 aliphatic heterocycles. The van der Waals surface area contributed by atoms with Crippen LogP contribution >= 0.6 is 11.6 Å². The molecule has 9 rings (SSSR count). The van der Waals surface area contributed by atoms with Crippen LogP contribution in [-0.2, 0) is 52.0 Å². The van der Waals surface area contributed by atoms with Gasteiger partial charge in [0.1, 0.15) is 11.6 Å². The van der Waals surface area contributed by atoms with Crippen molar-refractivity contribution in [3.63, 3.8) is 0 Å². The topological polar surface area (TPSA) is 24.5 Å². The van der Waals surface area contributed by atoms with Crippen molar-refractivity contribution >= 4 is 44.3 Å². The van der Waals surface area contributed by atoms with Crippen LogP contribution in [0.1, 0.15) is 27.8 Å². The standard InChI is InChI=1S/C39H41ClF2N6/c1-43(2)28-13-25-15-36(42)34(32-7-10-47(19-28)38(25)32)22-45(4)30-17-33-35(41)16-26(31-6-9-48(21-30)39(31)33)18-44(3)29-14-24-12-27(40)11-23-5-8-46(20-29)37(23)24/h5-12,15-16,28-30H,13-14,17-22H2,1-4H3. The van der Waals surface area contributed by atoms with Crippen molar-refractivity contribution in [1.29, 1.82) is 0 Å². The van der Waals surface area contributed by atoms with E-state index in [2.05, 4.69) is 99.4 Å². The minimum atomic E-state index is -0.149. The zero-order chi connectivity index (χ0) is 33.0. The first-order valence-corrected chi connectivity index (χ1v) is 17.4. The average Bonchev–Trinajstić information content (AvgIpc) is 3.79. The highest BCUT2D eigenvalue weighted by Gasteiger charge is 2.31. The van der Waals surface area contributed by atoms with Crippen molar-refractivity contribution < 1.29 is 8.78 Å². The second-order valence-corrected chi connectivity index (χ2v) is 15.2. The Balaban J connectivity index is 0.950. The van der Waals surface area contributed by atoms with Gasteiger partial charge in [-0.15, -0.1) is 0 Å². The SMILES string of the molecule is CN(C)C1Cc2cc(F)c(CN(C)C3Cc4c(F)cc(CN(C)C5Cc6cc(Cl)cc7ccn(c67)C5)c5ccn(c45)C3)c3ccn(c23)C1. The van der Waals surface area contributed by atoms with Gasteiger partial charge in [-0.3, -0.25) is 9.80 Å². The Bertz CT molecular complexity index is 2240. The lowest BCUT2D eigenvalue weighted by molar-refractivity contribution is 0.202. The van der Waals surface area contributed by atoms with Crippen LogP contribution in [0.15, 0.2) is 61.1 Å². The lowest BCUT2D eigenvalue weighted by Gasteiger charge is -2.34. The van der Waals surface area contributed by atoms with E-state index < -0.39 is 0 Å². The van der Waals surface area contributed by atoms with Gasteiger partial charge in [-0.1, -0.05) is 11.6 Å². The molecule has 0 aliphatic carbocycles. The number of hydrogen-bond donors (Lipinski definition) is 0. The number of halogens is 3. The van der Waals surface area contributed by atoms with Crippen molar-refractivity contribution in [2.45, 2.75) is 70.1 Å². The van der Waals surface area contributed by atoms with E-state index in [0.29, 0.717) is 25.6 Å². The van der Waals surface area contributed by atoms with Crippen LogP contribution in [0.2, 0.25) is 5.02 Å². The molecular weight excluding hydrogens is 626 g/mol. The first-order valence-electron chi connectivity index (χ1n) is 17.0. The smallest absolute Gasteiger partial charge is 0.128 e. The predicted octanol–water partition coefficient (Wildman–Crippen LogP) is 7.08. The third kappa shape index (κ3) is 4.75. The monoisotopic (exact) mass is 666 g/mol. The summed E-state index contributed by atoms with van der Waals surface area (Å²) in [5.74, 6) is -0.295. The van der Waals surface area contributed by atoms with Crippen LogP contribution in [-0.4, -0.2) is 74.7 Å². The summed E-state index contributed by atoms with van der Waals surface area (Å²) in [7, 11) is 8.38. The van der Waals surface area contributed by atoms with Gasteiger partial charge in [-0.25, -0.2) is 8.78 Å². The zero-order valence-corrected chi connectivity index (χ0v) is 28.7. The van der Waals surface area contributed by atoms with Gasteiger partial charge in [0.2, 0.25) is 0 Å². The van der Waals surface area contributed by atoms with Crippen LogP contribution in [0.3, 0.4) is 0 Å². The van der Waals surface area contributed by atoms with E-state index in [4.69, 9.17) is 11.6 Å². The molecule has 0 amide bonds. The summed E-state index contributed by atoms with van der Waals surface area (Å²) < 4.78 is 38.7. The Kier molecular flexibility index (Phi) is 7.07. The minimum Gasteiger partial charge on any atom is -0.346 e. The maximum atomic E-state index is 16.1. The molecule has 9 heteroatoms. The molecule has 6 heterocycles. The summed E-state index contributed by atoms with van der Waals surface area (Å²) in [6.07, 6.45) is 8.71. The molecule has 0 radical (unpaired) electrons. The summed E-state index contributed by atoms with van der Waals surface area (Å²) in [6, 6.07) is 14.7. The normalized spacial score (nSPS) is 20.4. The fraction of sp³-hybridized carbons (Fsp3) is 0.385. The zero-order valence-electron chi connectivity index (χ0n) is 28.0. The molecule has 0 bridgehead atoms. The first kappa shape index (κ1) is 30.4. The summed E-state index contributed by atoms with van der Waals surface area (Å²) in [4.78, 5) is 6.79. The van der Waals surface area contributed by atoms with Crippen LogP contribution in [0.5, 0.6) is 0 Å². The highest BCUT2D eigenvalue weighted by Crippen LogP contribution is 2.37. The number of rotatable bonds is 7. The fourth-order valence-electron chi connectivity index (χ4n) is 8.99. The van der Waals surface area contributed by atoms with Crippen LogP contribution < -0.4 is 0 Å². The van der Waals surface area contributed by atoms with E-state index in [1.807, 2.05) is 6.07 Å². The molecule has 48 heavy (non-hydrogen) atoms. The van der Waals surface area contributed by atoms with Crippen molar-refractivity contribution in [3.05, 3.63) is 106 Å². The van der Waals surface area contributed by atoms with Crippen molar-refractivity contribution in [3.8, 4) is 0 Å². The second kappa shape index (κ2) is 11.2. The molecule has 6 aromatic rings. The van der Waals surface area contributed by atoms with Crippen molar-refractivity contribution in [2.75, 3.05) is 28.2 Å². The van der Waals surface area contributed by atoms with Gasteiger partial charge in [0, 0.05) is 102 Å². The maximum absolute atomic E-state index is 16.1. The molecule has 6 nitrogen and oxygen atoms in total. The highest BCUT2D eigenvalue weighted by molar-refractivity contribution is 6.31. The Morgan fingerprint density at radius 2 is 1.29 bits per heavy atom. The molecule has 3 aromatic carbocycles. The summed E-state index contributed by atoms with van der Waals surface area (Å²) in [5, 5.41) is 4.08. The second-order valence-electron chi connectivity index (χ2n) is 14.8. The third-order valence-electron chi connectivity index (χ3n) is 11.6. The summed E-state index contributed by atoms with van der Waals surface area (Å²) in [5.41, 5.74) is 8.28. The number of benzene rings is 3. The minimum absolute atomic E-state index is 0.0471. The molecule has 0 spiro atoms. The van der Waals surface area contributed by atoms with E-state index in [1.54, 1.807) is 12.1 Å². The van der Waals surface area contributed by atoms with E-state index >= 15 is 8.78 Å². The molecule has 248 valence electrons. The number of hydrogen-bond acceptors (Lipinski definition) is 3. The summed E-state index contributed by atoms with van der Waals surface area (Å²) in [6.45, 7) is 3.67. The Morgan fingerprint density at radius 3 is 2.08 bits per heavy atom. The van der Waals surface area contributed by atoms with Crippen molar-refractivity contribution in [2.24, 2.45) is 0 Å². The lowest BCUT2D eigenvalue weighted by Crippen LogP contribution is -2.40. The fourth-order valence-corrected chi connectivity index (χ4v) is 9.24. The predicted molar refractivity (Wildman–Crippen MR) is 190 cm³/mol. The number of likely N-dealkylation sites (N-methyl/N-ethyl adjacent to an activating group) is 3. The molecule has 0 saturated heterocycles. The van der Waals surface area contributed by atoms with E-state index in [0.717, 1.165) is 81.6 Å². The van der Waals surface area contributed by atoms with Gasteiger partial charge in [-0.2, -0.15) is 0 Å². The number of aromatic nitrogens is 3. The van der Waals surface area contributed by atoms with Gasteiger partial charge in [0.15, 0.2) is 0 Å². The van der Waals surface area contributed by atoms with Gasteiger partial charge in [0.05, 0.1) is 16.6 Å². The highest BCUT2D eigenvalue weighted by atomic mass is 35.5. The van der Waals surface area contributed by atoms with Gasteiger partial charge in [0.25, 0.3) is 0 Å². The Morgan fingerprint density at radius 1 is 0.667 bits per heavy atom. The summed E-state index contributed by atoms with van der Waals surface area (Å²) >= 11 is 6.45. The largest absolute Gasteiger partial charge is 0.346 e. The molecule has 3 aliphatic rings. The molecule has 3 unspecified atom stereocenters. The lowest BCUT2D eigenvalue weighted by atomic mass is 9.94. The molecule has 0 fully saturated rings. The average molecular weight is 667 g/mol. The van der Waals surface area contributed by atoms with Gasteiger partial charge < -0.3 is 18.6 Å². The molecule has 3 atom stereocenters. The van der Waals surface area contributed by atoms with Crippen LogP contribution in [0.25, 0.3) is 32.7 Å². The Labute approximate surface area is 284 Å².